The maximum atomic E-state index is 11.6. The Morgan fingerprint density at radius 2 is 1.33 bits per heavy atom. The van der Waals surface area contributed by atoms with Crippen molar-refractivity contribution in [1.29, 1.82) is 0 Å². The predicted octanol–water partition coefficient (Wildman–Crippen LogP) is 9.01. The van der Waals surface area contributed by atoms with E-state index in [0.717, 1.165) is 30.5 Å². The molecule has 8 heteroatoms. The molecule has 7 nitrogen and oxygen atoms in total. The van der Waals surface area contributed by atoms with Crippen LogP contribution in [0.3, 0.4) is 0 Å². The maximum Gasteiger partial charge on any atom is 0.294 e. The van der Waals surface area contributed by atoms with E-state index in [9.17, 15) is 18.2 Å². The molecule has 0 atom stereocenters. The molecule has 0 radical (unpaired) electrons. The number of aromatic nitrogens is 2. The van der Waals surface area contributed by atoms with Crippen LogP contribution in [0.2, 0.25) is 0 Å². The number of hydrogen-bond acceptors (Lipinski definition) is 5. The number of aryl methyl sites for hydroxylation is 1. The molecule has 0 aliphatic heterocycles. The van der Waals surface area contributed by atoms with Gasteiger partial charge in [-0.2, -0.15) is 8.42 Å². The van der Waals surface area contributed by atoms with Gasteiger partial charge >= 0.3 is 0 Å². The highest BCUT2D eigenvalue weighted by Gasteiger charge is 2.17. The molecule has 216 valence electrons. The van der Waals surface area contributed by atoms with Crippen LogP contribution >= 0.6 is 0 Å². The SMILES string of the molecule is CCCCCCCCCCCCCCCCCCn1c(-c2cccc(NO)c2)nc2cc(S(=O)(=O)O)ccc21. The molecule has 0 saturated carbocycles. The van der Waals surface area contributed by atoms with Crippen molar-refractivity contribution in [2.45, 2.75) is 121 Å². The third kappa shape index (κ3) is 10.2. The lowest BCUT2D eigenvalue weighted by molar-refractivity contribution is 0.389. The molecular weight excluding hydrogens is 510 g/mol. The number of rotatable bonds is 20. The number of fused-ring (bicyclic) bond motifs is 1. The molecule has 0 unspecified atom stereocenters. The molecule has 39 heavy (non-hydrogen) atoms. The standard InChI is InChI=1S/C31H47N3O4S/c1-2-3-4-5-6-7-8-9-10-11-12-13-14-15-16-17-23-34-30-22-21-28(39(36,37)38)25-29(30)32-31(34)26-19-18-20-27(24-26)33-35/h18-22,24-25,33,35H,2-17,23H2,1H3,(H,36,37,38). The van der Waals surface area contributed by atoms with Crippen molar-refractivity contribution in [3.05, 3.63) is 42.5 Å². The Morgan fingerprint density at radius 3 is 1.87 bits per heavy atom. The molecular formula is C31H47N3O4S. The van der Waals surface area contributed by atoms with Crippen molar-refractivity contribution in [2.24, 2.45) is 0 Å². The van der Waals surface area contributed by atoms with Crippen molar-refractivity contribution < 1.29 is 18.2 Å². The molecule has 3 aromatic rings. The van der Waals surface area contributed by atoms with E-state index in [1.54, 1.807) is 18.2 Å². The summed E-state index contributed by atoms with van der Waals surface area (Å²) in [5.41, 5.74) is 4.87. The summed E-state index contributed by atoms with van der Waals surface area (Å²) < 4.78 is 34.9. The predicted molar refractivity (Wildman–Crippen MR) is 160 cm³/mol. The molecule has 2 aromatic carbocycles. The van der Waals surface area contributed by atoms with Gasteiger partial charge in [-0.1, -0.05) is 115 Å². The highest BCUT2D eigenvalue weighted by Crippen LogP contribution is 2.29. The molecule has 3 N–H and O–H groups in total. The first-order valence-corrected chi connectivity index (χ1v) is 16.4. The Hall–Kier alpha value is -2.42. The summed E-state index contributed by atoms with van der Waals surface area (Å²) in [7, 11) is -4.31. The lowest BCUT2D eigenvalue weighted by Gasteiger charge is -2.10. The van der Waals surface area contributed by atoms with E-state index in [0.29, 0.717) is 17.0 Å². The van der Waals surface area contributed by atoms with Gasteiger partial charge in [0.15, 0.2) is 0 Å². The Labute approximate surface area is 234 Å². The van der Waals surface area contributed by atoms with Crippen LogP contribution in [0.4, 0.5) is 5.69 Å². The van der Waals surface area contributed by atoms with Gasteiger partial charge in [0.1, 0.15) is 5.82 Å². The summed E-state index contributed by atoms with van der Waals surface area (Å²) >= 11 is 0. The van der Waals surface area contributed by atoms with Gasteiger partial charge in [0, 0.05) is 12.1 Å². The van der Waals surface area contributed by atoms with Gasteiger partial charge in [-0.3, -0.25) is 15.2 Å². The zero-order valence-corrected chi connectivity index (χ0v) is 24.4. The third-order valence-electron chi connectivity index (χ3n) is 7.50. The van der Waals surface area contributed by atoms with Gasteiger partial charge in [0.05, 0.1) is 21.6 Å². The molecule has 0 aliphatic carbocycles. The Kier molecular flexibility index (Phi) is 13.3. The van der Waals surface area contributed by atoms with Crippen molar-refractivity contribution in [2.75, 3.05) is 5.48 Å². The smallest absolute Gasteiger partial charge is 0.294 e. The van der Waals surface area contributed by atoms with Gasteiger partial charge in [-0.15, -0.1) is 0 Å². The monoisotopic (exact) mass is 557 g/mol. The van der Waals surface area contributed by atoms with Gasteiger partial charge in [0.25, 0.3) is 10.1 Å². The molecule has 0 aliphatic rings. The fourth-order valence-corrected chi connectivity index (χ4v) is 5.76. The topological polar surface area (TPSA) is 104 Å². The fraction of sp³-hybridized carbons (Fsp3) is 0.581. The third-order valence-corrected chi connectivity index (χ3v) is 8.35. The number of unbranched alkanes of at least 4 members (excludes halogenated alkanes) is 15. The number of hydrogen-bond donors (Lipinski definition) is 3. The summed E-state index contributed by atoms with van der Waals surface area (Å²) in [6.07, 6.45) is 21.1. The van der Waals surface area contributed by atoms with E-state index >= 15 is 0 Å². The second-order valence-electron chi connectivity index (χ2n) is 10.7. The molecule has 0 fully saturated rings. The maximum absolute atomic E-state index is 11.6. The summed E-state index contributed by atoms with van der Waals surface area (Å²) in [6, 6.07) is 11.8. The Balaban J connectivity index is 1.44. The largest absolute Gasteiger partial charge is 0.324 e. The molecule has 1 heterocycles. The Morgan fingerprint density at radius 1 is 0.769 bits per heavy atom. The van der Waals surface area contributed by atoms with Crippen LogP contribution < -0.4 is 5.48 Å². The lowest BCUT2D eigenvalue weighted by atomic mass is 10.0. The first-order valence-electron chi connectivity index (χ1n) is 14.9. The summed E-state index contributed by atoms with van der Waals surface area (Å²) in [4.78, 5) is 4.54. The highest BCUT2D eigenvalue weighted by atomic mass is 32.2. The van der Waals surface area contributed by atoms with Crippen LogP contribution in [0.15, 0.2) is 47.4 Å². The first kappa shape index (κ1) is 31.1. The zero-order chi connectivity index (χ0) is 27.9. The van der Waals surface area contributed by atoms with Crippen LogP contribution in [0.1, 0.15) is 110 Å². The number of nitrogens with zero attached hydrogens (tertiary/aromatic N) is 2. The second kappa shape index (κ2) is 16.6. The van der Waals surface area contributed by atoms with Crippen molar-refractivity contribution in [1.82, 2.24) is 9.55 Å². The highest BCUT2D eigenvalue weighted by molar-refractivity contribution is 7.85. The van der Waals surface area contributed by atoms with E-state index in [2.05, 4.69) is 17.0 Å². The average molecular weight is 558 g/mol. The molecule has 1 aromatic heterocycles. The van der Waals surface area contributed by atoms with E-state index in [-0.39, 0.29) is 4.90 Å². The van der Waals surface area contributed by atoms with E-state index < -0.39 is 10.1 Å². The van der Waals surface area contributed by atoms with Crippen LogP contribution in [0.5, 0.6) is 0 Å². The van der Waals surface area contributed by atoms with E-state index in [4.69, 9.17) is 4.98 Å². The fourth-order valence-electron chi connectivity index (χ4n) is 5.26. The zero-order valence-electron chi connectivity index (χ0n) is 23.6. The number of nitrogens with one attached hydrogen (secondary N) is 1. The van der Waals surface area contributed by atoms with Gasteiger partial charge in [0.2, 0.25) is 0 Å². The van der Waals surface area contributed by atoms with Crippen molar-refractivity contribution in [3.63, 3.8) is 0 Å². The van der Waals surface area contributed by atoms with Gasteiger partial charge in [-0.25, -0.2) is 4.98 Å². The van der Waals surface area contributed by atoms with Gasteiger partial charge < -0.3 is 4.57 Å². The molecule has 0 saturated heterocycles. The minimum absolute atomic E-state index is 0.167. The molecule has 0 spiro atoms. The second-order valence-corrected chi connectivity index (χ2v) is 12.1. The van der Waals surface area contributed by atoms with Crippen LogP contribution in [-0.4, -0.2) is 27.7 Å². The summed E-state index contributed by atoms with van der Waals surface area (Å²) in [5.74, 6) is 0.704. The molecule has 3 rings (SSSR count). The quantitative estimate of drug-likeness (QED) is 0.0727. The lowest BCUT2D eigenvalue weighted by Crippen LogP contribution is -2.02. The minimum atomic E-state index is -4.31. The normalized spacial score (nSPS) is 11.9. The van der Waals surface area contributed by atoms with Crippen molar-refractivity contribution in [3.8, 4) is 11.4 Å². The summed E-state index contributed by atoms with van der Waals surface area (Å²) in [5, 5.41) is 9.33. The number of anilines is 1. The Bertz CT molecular complexity index is 1240. The van der Waals surface area contributed by atoms with Crippen LogP contribution in [-0.2, 0) is 16.7 Å². The van der Waals surface area contributed by atoms with Gasteiger partial charge in [-0.05, 0) is 36.8 Å². The van der Waals surface area contributed by atoms with Crippen LogP contribution in [0.25, 0.3) is 22.4 Å². The molecule has 0 bridgehead atoms. The number of imidazole rings is 1. The van der Waals surface area contributed by atoms with E-state index in [1.807, 2.05) is 12.1 Å². The average Bonchev–Trinajstić information content (AvgIpc) is 3.30. The number of benzene rings is 2. The van der Waals surface area contributed by atoms with Crippen molar-refractivity contribution >= 4 is 26.8 Å². The minimum Gasteiger partial charge on any atom is -0.324 e. The van der Waals surface area contributed by atoms with Crippen LogP contribution in [0, 0.1) is 0 Å². The summed E-state index contributed by atoms with van der Waals surface area (Å²) in [6.45, 7) is 3.03. The van der Waals surface area contributed by atoms with E-state index in [1.165, 1.54) is 102 Å². The molecule has 0 amide bonds. The first-order chi connectivity index (χ1) is 18.9.